The van der Waals surface area contributed by atoms with Crippen molar-refractivity contribution in [3.8, 4) is 0 Å². The summed E-state index contributed by atoms with van der Waals surface area (Å²) in [6.45, 7) is 7.17. The molecule has 0 saturated heterocycles. The summed E-state index contributed by atoms with van der Waals surface area (Å²) < 4.78 is 8.14. The fraction of sp³-hybridized carbons (Fsp3) is 0.375. The molecule has 1 heterocycles. The van der Waals surface area contributed by atoms with Gasteiger partial charge >= 0.3 is 0 Å². The van der Waals surface area contributed by atoms with E-state index in [9.17, 15) is 0 Å². The first-order valence-corrected chi connectivity index (χ1v) is 8.42. The average Bonchev–Trinajstić information content (AvgIpc) is 2.89. The van der Waals surface area contributed by atoms with Crippen molar-refractivity contribution in [3.63, 3.8) is 0 Å². The summed E-state index contributed by atoms with van der Waals surface area (Å²) in [5.41, 5.74) is 2.39. The van der Waals surface area contributed by atoms with Gasteiger partial charge in [0.15, 0.2) is 0 Å². The van der Waals surface area contributed by atoms with E-state index in [1.165, 1.54) is 11.1 Å². The molecule has 4 heteroatoms. The van der Waals surface area contributed by atoms with Crippen LogP contribution in [0.4, 0.5) is 0 Å². The maximum atomic E-state index is 5.93. The highest BCUT2D eigenvalue weighted by molar-refractivity contribution is 9.11. The second kappa shape index (κ2) is 6.92. The van der Waals surface area contributed by atoms with Crippen LogP contribution in [0.3, 0.4) is 0 Å². The summed E-state index contributed by atoms with van der Waals surface area (Å²) in [6, 6.07) is 8.46. The van der Waals surface area contributed by atoms with E-state index in [1.54, 1.807) is 0 Å². The Hall–Kier alpha value is -0.580. The van der Waals surface area contributed by atoms with Crippen LogP contribution in [0.2, 0.25) is 0 Å². The Kier molecular flexibility index (Phi) is 5.47. The first kappa shape index (κ1) is 15.8. The van der Waals surface area contributed by atoms with Crippen LogP contribution >= 0.6 is 31.9 Å². The Morgan fingerprint density at radius 1 is 1.15 bits per heavy atom. The van der Waals surface area contributed by atoms with E-state index >= 15 is 0 Å². The topological polar surface area (TPSA) is 25.2 Å². The van der Waals surface area contributed by atoms with Crippen LogP contribution in [0.1, 0.15) is 42.5 Å². The van der Waals surface area contributed by atoms with Gasteiger partial charge in [-0.15, -0.1) is 0 Å². The highest BCUT2D eigenvalue weighted by Gasteiger charge is 2.20. The van der Waals surface area contributed by atoms with E-state index in [-0.39, 0.29) is 6.04 Å². The monoisotopic (exact) mass is 399 g/mol. The third-order valence-corrected chi connectivity index (χ3v) is 4.85. The molecule has 1 unspecified atom stereocenters. The van der Waals surface area contributed by atoms with Crippen molar-refractivity contribution in [2.24, 2.45) is 0 Å². The quantitative estimate of drug-likeness (QED) is 0.729. The summed E-state index contributed by atoms with van der Waals surface area (Å²) in [5.74, 6) is 1.98. The van der Waals surface area contributed by atoms with Crippen molar-refractivity contribution in [2.45, 2.75) is 33.2 Å². The number of furan rings is 1. The number of hydrogen-bond donors (Lipinski definition) is 1. The van der Waals surface area contributed by atoms with Gasteiger partial charge in [0.1, 0.15) is 11.5 Å². The van der Waals surface area contributed by atoms with Crippen LogP contribution in [-0.2, 0) is 6.42 Å². The van der Waals surface area contributed by atoms with Gasteiger partial charge in [-0.3, -0.25) is 0 Å². The van der Waals surface area contributed by atoms with Crippen molar-refractivity contribution in [3.05, 3.63) is 55.9 Å². The lowest BCUT2D eigenvalue weighted by Gasteiger charge is -2.19. The Balaban J connectivity index is 2.45. The minimum Gasteiger partial charge on any atom is -0.464 e. The number of aryl methyl sites for hydroxylation is 2. The molecule has 0 aliphatic carbocycles. The first-order valence-electron chi connectivity index (χ1n) is 6.84. The fourth-order valence-corrected chi connectivity index (χ4v) is 3.24. The first-order chi connectivity index (χ1) is 9.56. The molecule has 0 saturated carbocycles. The molecule has 2 aromatic rings. The third-order valence-electron chi connectivity index (χ3n) is 3.31. The largest absolute Gasteiger partial charge is 0.464 e. The van der Waals surface area contributed by atoms with Gasteiger partial charge in [-0.2, -0.15) is 0 Å². The van der Waals surface area contributed by atoms with Crippen LogP contribution in [0.5, 0.6) is 0 Å². The Morgan fingerprint density at radius 3 is 2.50 bits per heavy atom. The van der Waals surface area contributed by atoms with E-state index in [0.717, 1.165) is 33.4 Å². The molecule has 0 aliphatic heterocycles. The molecule has 0 amide bonds. The van der Waals surface area contributed by atoms with E-state index in [0.29, 0.717) is 0 Å². The maximum Gasteiger partial charge on any atom is 0.125 e. The van der Waals surface area contributed by atoms with Crippen molar-refractivity contribution in [1.82, 2.24) is 5.32 Å². The fourth-order valence-electron chi connectivity index (χ4n) is 2.19. The number of hydrogen-bond acceptors (Lipinski definition) is 2. The maximum absolute atomic E-state index is 5.93. The smallest absolute Gasteiger partial charge is 0.125 e. The van der Waals surface area contributed by atoms with Crippen molar-refractivity contribution in [1.29, 1.82) is 0 Å². The highest BCUT2D eigenvalue weighted by Crippen LogP contribution is 2.33. The molecule has 0 fully saturated rings. The third kappa shape index (κ3) is 3.35. The molecule has 1 N–H and O–H groups in total. The van der Waals surface area contributed by atoms with E-state index in [2.05, 4.69) is 82.2 Å². The van der Waals surface area contributed by atoms with Crippen LogP contribution in [0.25, 0.3) is 0 Å². The summed E-state index contributed by atoms with van der Waals surface area (Å²) in [6.07, 6.45) is 0.914. The highest BCUT2D eigenvalue weighted by atomic mass is 79.9. The molecule has 2 rings (SSSR count). The summed E-state index contributed by atoms with van der Waals surface area (Å²) in [7, 11) is 0. The molecule has 0 bridgehead atoms. The van der Waals surface area contributed by atoms with Crippen LogP contribution < -0.4 is 5.32 Å². The predicted molar refractivity (Wildman–Crippen MR) is 90.2 cm³/mol. The summed E-state index contributed by atoms with van der Waals surface area (Å²) in [4.78, 5) is 0. The molecule has 1 aromatic heterocycles. The summed E-state index contributed by atoms with van der Waals surface area (Å²) in [5, 5.41) is 3.50. The van der Waals surface area contributed by atoms with Gasteiger partial charge in [-0.1, -0.05) is 45.7 Å². The standard InChI is InChI=1S/C16H19Br2NO/c1-4-11-6-7-15(20-11)16(19-5-2)12-9-13(17)10(3)8-14(12)18/h6-9,16,19H,4-5H2,1-3H3. The van der Waals surface area contributed by atoms with Gasteiger partial charge in [-0.25, -0.2) is 0 Å². The van der Waals surface area contributed by atoms with Gasteiger partial charge in [-0.05, 0) is 48.9 Å². The number of rotatable bonds is 5. The summed E-state index contributed by atoms with van der Waals surface area (Å²) >= 11 is 7.28. The molecular weight excluding hydrogens is 382 g/mol. The molecule has 1 atom stereocenters. The van der Waals surface area contributed by atoms with Gasteiger partial charge < -0.3 is 9.73 Å². The van der Waals surface area contributed by atoms with Crippen LogP contribution in [0.15, 0.2) is 37.6 Å². The Morgan fingerprint density at radius 2 is 1.90 bits per heavy atom. The minimum atomic E-state index is 0.0616. The lowest BCUT2D eigenvalue weighted by Crippen LogP contribution is -2.22. The van der Waals surface area contributed by atoms with Gasteiger partial charge in [0.2, 0.25) is 0 Å². The van der Waals surface area contributed by atoms with Gasteiger partial charge in [0.25, 0.3) is 0 Å². The molecule has 0 radical (unpaired) electrons. The molecular formula is C16H19Br2NO. The lowest BCUT2D eigenvalue weighted by molar-refractivity contribution is 0.425. The van der Waals surface area contributed by atoms with Crippen molar-refractivity contribution in [2.75, 3.05) is 6.54 Å². The van der Waals surface area contributed by atoms with Crippen LogP contribution in [-0.4, -0.2) is 6.54 Å². The zero-order chi connectivity index (χ0) is 14.7. The minimum absolute atomic E-state index is 0.0616. The number of halogens is 2. The van der Waals surface area contributed by atoms with E-state index in [4.69, 9.17) is 4.42 Å². The number of nitrogens with one attached hydrogen (secondary N) is 1. The normalized spacial score (nSPS) is 12.7. The molecule has 1 aromatic carbocycles. The Bertz CT molecular complexity index is 592. The molecule has 108 valence electrons. The van der Waals surface area contributed by atoms with Crippen molar-refractivity contribution >= 4 is 31.9 Å². The molecule has 0 spiro atoms. The Labute approximate surface area is 137 Å². The van der Waals surface area contributed by atoms with E-state index < -0.39 is 0 Å². The molecule has 0 aliphatic rings. The van der Waals surface area contributed by atoms with Gasteiger partial charge in [0, 0.05) is 15.4 Å². The van der Waals surface area contributed by atoms with Crippen LogP contribution in [0, 0.1) is 6.92 Å². The average molecular weight is 401 g/mol. The predicted octanol–water partition coefficient (Wildman–Crippen LogP) is 5.37. The second-order valence-corrected chi connectivity index (χ2v) is 6.48. The molecule has 2 nitrogen and oxygen atoms in total. The lowest BCUT2D eigenvalue weighted by atomic mass is 10.0. The second-order valence-electron chi connectivity index (χ2n) is 4.77. The zero-order valence-electron chi connectivity index (χ0n) is 12.0. The number of benzene rings is 1. The molecule has 20 heavy (non-hydrogen) atoms. The SMILES string of the molecule is CCNC(c1ccc(CC)o1)c1cc(Br)c(C)cc1Br. The van der Waals surface area contributed by atoms with Gasteiger partial charge in [0.05, 0.1) is 6.04 Å². The van der Waals surface area contributed by atoms with E-state index in [1.807, 2.05) is 0 Å². The zero-order valence-corrected chi connectivity index (χ0v) is 15.1. The van der Waals surface area contributed by atoms with Crippen molar-refractivity contribution < 1.29 is 4.42 Å².